The van der Waals surface area contributed by atoms with Gasteiger partial charge in [0.2, 0.25) is 0 Å². The molecule has 0 saturated heterocycles. The first-order chi connectivity index (χ1) is 11.9. The van der Waals surface area contributed by atoms with Crippen LogP contribution in [0.4, 0.5) is 19.3 Å². The number of carbonyl (C=O) groups excluding carboxylic acids is 1. The largest absolute Gasteiger partial charge is 0.453 e. The van der Waals surface area contributed by atoms with E-state index in [1.165, 1.54) is 6.20 Å². The first-order valence-corrected chi connectivity index (χ1v) is 6.99. The minimum Gasteiger partial charge on any atom is -0.453 e. The smallest absolute Gasteiger partial charge is 0.411 e. The van der Waals surface area contributed by atoms with Gasteiger partial charge in [-0.1, -0.05) is 0 Å². The molecule has 0 bridgehead atoms. The second-order valence-electron chi connectivity index (χ2n) is 5.04. The number of ether oxygens (including phenoxy) is 1. The molecular weight excluding hydrogens is 338 g/mol. The molecule has 2 heterocycles. The third-order valence-electron chi connectivity index (χ3n) is 3.62. The Hall–Kier alpha value is -3.27. The van der Waals surface area contributed by atoms with Gasteiger partial charge in [0.15, 0.2) is 5.82 Å². The van der Waals surface area contributed by atoms with Crippen LogP contribution >= 0.6 is 0 Å². The van der Waals surface area contributed by atoms with Crippen LogP contribution in [0.1, 0.15) is 17.2 Å². The summed E-state index contributed by atoms with van der Waals surface area (Å²) >= 11 is 0. The first kappa shape index (κ1) is 16.6. The minimum absolute atomic E-state index is 0.0277. The molecule has 1 aromatic carbocycles. The van der Waals surface area contributed by atoms with Crippen LogP contribution in [0.2, 0.25) is 0 Å². The second kappa shape index (κ2) is 6.32. The average Bonchev–Trinajstić information content (AvgIpc) is 3.02. The monoisotopic (exact) mass is 350 g/mol. The molecule has 1 unspecified atom stereocenters. The maximum Gasteiger partial charge on any atom is 0.411 e. The van der Waals surface area contributed by atoms with Gasteiger partial charge < -0.3 is 19.8 Å². The molecule has 4 N–H and O–H groups in total. The number of halogens is 2. The maximum atomic E-state index is 14.6. The summed E-state index contributed by atoms with van der Waals surface area (Å²) in [4.78, 5) is 32.0. The van der Waals surface area contributed by atoms with Crippen molar-refractivity contribution >= 4 is 22.8 Å². The molecule has 0 radical (unpaired) electrons. The number of aromatic nitrogens is 3. The Balaban J connectivity index is 2.13. The number of H-pyrrole nitrogens is 2. The topological polar surface area (TPSA) is 120 Å². The SMILES string of the molecule is COC(=O)Nc1ccc(F)c(C(O)c2c[nH]c3nc[nH]c(=O)c23)c1F. The van der Waals surface area contributed by atoms with Crippen molar-refractivity contribution in [2.24, 2.45) is 0 Å². The second-order valence-corrected chi connectivity index (χ2v) is 5.04. The van der Waals surface area contributed by atoms with Crippen LogP contribution in [0, 0.1) is 11.6 Å². The lowest BCUT2D eigenvalue weighted by Gasteiger charge is -2.15. The van der Waals surface area contributed by atoms with Crippen molar-refractivity contribution in [1.82, 2.24) is 15.0 Å². The molecule has 1 atom stereocenters. The molecule has 130 valence electrons. The van der Waals surface area contributed by atoms with Crippen molar-refractivity contribution in [3.63, 3.8) is 0 Å². The lowest BCUT2D eigenvalue weighted by molar-refractivity contribution is 0.186. The number of nitrogens with zero attached hydrogens (tertiary/aromatic N) is 1. The van der Waals surface area contributed by atoms with Gasteiger partial charge in [0.05, 0.1) is 30.1 Å². The number of aromatic amines is 2. The number of nitrogens with one attached hydrogen (secondary N) is 3. The van der Waals surface area contributed by atoms with E-state index >= 15 is 0 Å². The van der Waals surface area contributed by atoms with Gasteiger partial charge in [-0.3, -0.25) is 10.1 Å². The van der Waals surface area contributed by atoms with E-state index in [1.807, 2.05) is 0 Å². The molecule has 3 rings (SSSR count). The Labute approximate surface area is 138 Å². The van der Waals surface area contributed by atoms with Crippen molar-refractivity contribution in [1.29, 1.82) is 0 Å². The molecule has 2 aromatic heterocycles. The first-order valence-electron chi connectivity index (χ1n) is 6.99. The number of carbonyl (C=O) groups is 1. The third kappa shape index (κ3) is 2.83. The standard InChI is InChI=1S/C15H12F2N4O4/c1-25-15(24)21-8-3-2-7(16)10(11(8)17)12(22)6-4-18-13-9(6)14(23)20-5-19-13/h2-5,12,22H,1H3,(H,21,24)(H2,18,19,20,23). The molecule has 0 aliphatic rings. The zero-order valence-electron chi connectivity index (χ0n) is 12.8. The van der Waals surface area contributed by atoms with Gasteiger partial charge in [-0.05, 0) is 12.1 Å². The van der Waals surface area contributed by atoms with E-state index in [0.717, 1.165) is 25.6 Å². The van der Waals surface area contributed by atoms with E-state index in [-0.39, 0.29) is 22.3 Å². The minimum atomic E-state index is -1.81. The fourth-order valence-corrected chi connectivity index (χ4v) is 2.44. The van der Waals surface area contributed by atoms with Gasteiger partial charge in [0, 0.05) is 11.8 Å². The van der Waals surface area contributed by atoms with Crippen molar-refractivity contribution in [3.05, 3.63) is 57.8 Å². The number of hydrogen-bond acceptors (Lipinski definition) is 5. The van der Waals surface area contributed by atoms with Crippen LogP contribution in [-0.2, 0) is 4.74 Å². The predicted molar refractivity (Wildman–Crippen MR) is 83.2 cm³/mol. The highest BCUT2D eigenvalue weighted by atomic mass is 19.1. The Morgan fingerprint density at radius 2 is 2.12 bits per heavy atom. The van der Waals surface area contributed by atoms with Gasteiger partial charge in [0.1, 0.15) is 17.6 Å². The van der Waals surface area contributed by atoms with Crippen molar-refractivity contribution in [2.45, 2.75) is 6.10 Å². The van der Waals surface area contributed by atoms with E-state index in [2.05, 4.69) is 25.0 Å². The Kier molecular flexibility index (Phi) is 4.19. The Bertz CT molecular complexity index is 1010. The van der Waals surface area contributed by atoms with Gasteiger partial charge in [-0.25, -0.2) is 18.6 Å². The van der Waals surface area contributed by atoms with Crippen LogP contribution in [0.15, 0.2) is 29.5 Å². The summed E-state index contributed by atoms with van der Waals surface area (Å²) in [6.07, 6.45) is -0.381. The number of fused-ring (bicyclic) bond motifs is 1. The average molecular weight is 350 g/mol. The van der Waals surface area contributed by atoms with E-state index in [1.54, 1.807) is 0 Å². The third-order valence-corrected chi connectivity index (χ3v) is 3.62. The Morgan fingerprint density at radius 3 is 2.84 bits per heavy atom. The van der Waals surface area contributed by atoms with Crippen molar-refractivity contribution < 1.29 is 23.4 Å². The molecule has 25 heavy (non-hydrogen) atoms. The summed E-state index contributed by atoms with van der Waals surface area (Å²) < 4.78 is 33.1. The summed E-state index contributed by atoms with van der Waals surface area (Å²) in [6.45, 7) is 0. The zero-order chi connectivity index (χ0) is 18.1. The number of rotatable bonds is 3. The summed E-state index contributed by atoms with van der Waals surface area (Å²) in [6, 6.07) is 1.87. The Morgan fingerprint density at radius 1 is 1.36 bits per heavy atom. The van der Waals surface area contributed by atoms with Crippen molar-refractivity contribution in [2.75, 3.05) is 12.4 Å². The predicted octanol–water partition coefficient (Wildman–Crippen LogP) is 1.79. The lowest BCUT2D eigenvalue weighted by Crippen LogP contribution is -2.15. The summed E-state index contributed by atoms with van der Waals surface area (Å²) in [5, 5.41) is 12.5. The lowest BCUT2D eigenvalue weighted by atomic mass is 10.00. The molecule has 10 heteroatoms. The van der Waals surface area contributed by atoms with Gasteiger partial charge in [0.25, 0.3) is 5.56 Å². The fraction of sp³-hybridized carbons (Fsp3) is 0.133. The molecule has 0 aliphatic heterocycles. The summed E-state index contributed by atoms with van der Waals surface area (Å²) in [7, 11) is 1.08. The molecule has 0 saturated carbocycles. The van der Waals surface area contributed by atoms with Gasteiger partial charge >= 0.3 is 6.09 Å². The number of amides is 1. The number of aliphatic hydroxyl groups is 1. The zero-order valence-corrected chi connectivity index (χ0v) is 12.8. The maximum absolute atomic E-state index is 14.6. The normalized spacial score (nSPS) is 12.2. The highest BCUT2D eigenvalue weighted by Gasteiger charge is 2.26. The van der Waals surface area contributed by atoms with Crippen LogP contribution < -0.4 is 10.9 Å². The number of methoxy groups -OCH3 is 1. The van der Waals surface area contributed by atoms with E-state index < -0.39 is 35.0 Å². The van der Waals surface area contributed by atoms with Crippen LogP contribution in [0.3, 0.4) is 0 Å². The summed E-state index contributed by atoms with van der Waals surface area (Å²) in [5.41, 5.74) is -1.59. The number of aliphatic hydroxyl groups excluding tert-OH is 1. The van der Waals surface area contributed by atoms with Crippen LogP contribution in [0.25, 0.3) is 11.0 Å². The van der Waals surface area contributed by atoms with Crippen LogP contribution in [-0.4, -0.2) is 33.3 Å². The summed E-state index contributed by atoms with van der Waals surface area (Å²) in [5.74, 6) is -2.23. The highest BCUT2D eigenvalue weighted by Crippen LogP contribution is 2.32. The van der Waals surface area contributed by atoms with E-state index in [0.29, 0.717) is 0 Å². The number of hydrogen-bond donors (Lipinski definition) is 4. The molecule has 8 nitrogen and oxygen atoms in total. The van der Waals surface area contributed by atoms with Crippen LogP contribution in [0.5, 0.6) is 0 Å². The molecule has 3 aromatic rings. The molecule has 0 spiro atoms. The number of benzene rings is 1. The molecule has 1 amide bonds. The molecule has 0 aliphatic carbocycles. The van der Waals surface area contributed by atoms with E-state index in [4.69, 9.17) is 0 Å². The van der Waals surface area contributed by atoms with Gasteiger partial charge in [-0.15, -0.1) is 0 Å². The van der Waals surface area contributed by atoms with Crippen molar-refractivity contribution in [3.8, 4) is 0 Å². The molecular formula is C15H12F2N4O4. The number of anilines is 1. The quantitative estimate of drug-likeness (QED) is 0.574. The highest BCUT2D eigenvalue weighted by molar-refractivity contribution is 5.85. The van der Waals surface area contributed by atoms with Gasteiger partial charge in [-0.2, -0.15) is 0 Å². The van der Waals surface area contributed by atoms with E-state index in [9.17, 15) is 23.5 Å². The molecule has 0 fully saturated rings. The fourth-order valence-electron chi connectivity index (χ4n) is 2.44.